The van der Waals surface area contributed by atoms with Gasteiger partial charge in [-0.1, -0.05) is 47.6 Å². The number of benzene rings is 1. The Morgan fingerprint density at radius 3 is 3.27 bits per heavy atom. The van der Waals surface area contributed by atoms with E-state index in [1.165, 1.54) is 16.7 Å². The Balaban J connectivity index is 2.20. The van der Waals surface area contributed by atoms with E-state index in [2.05, 4.69) is 34.3 Å². The lowest BCUT2D eigenvalue weighted by Crippen LogP contribution is -1.86. The highest BCUT2D eigenvalue weighted by Gasteiger charge is 2.06. The summed E-state index contributed by atoms with van der Waals surface area (Å²) < 4.78 is 0. The molecule has 0 N–H and O–H groups in total. The van der Waals surface area contributed by atoms with E-state index >= 15 is 0 Å². The summed E-state index contributed by atoms with van der Waals surface area (Å²) in [6, 6.07) is 6.24. The Morgan fingerprint density at radius 2 is 2.40 bits per heavy atom. The van der Waals surface area contributed by atoms with Gasteiger partial charge in [0.2, 0.25) is 0 Å². The lowest BCUT2D eigenvalue weighted by Gasteiger charge is -2.02. The fourth-order valence-corrected chi connectivity index (χ4v) is 1.74. The van der Waals surface area contributed by atoms with Gasteiger partial charge in [0, 0.05) is 11.5 Å². The molecule has 0 heterocycles. The van der Waals surface area contributed by atoms with Gasteiger partial charge in [0.25, 0.3) is 0 Å². The number of hydrogen-bond donors (Lipinski definition) is 0. The summed E-state index contributed by atoms with van der Waals surface area (Å²) >= 11 is 0. The molecule has 74 valence electrons. The zero-order chi connectivity index (χ0) is 10.5. The Bertz CT molecular complexity index is 466. The summed E-state index contributed by atoms with van der Waals surface area (Å²) in [7, 11) is 0. The van der Waals surface area contributed by atoms with Crippen LogP contribution >= 0.6 is 0 Å². The third kappa shape index (κ3) is 2.09. The van der Waals surface area contributed by atoms with Crippen LogP contribution in [0.25, 0.3) is 22.6 Å². The molecule has 0 unspecified atom stereocenters. The fraction of sp³-hybridized carbons (Fsp3) is 0.167. The summed E-state index contributed by atoms with van der Waals surface area (Å²) in [5, 5.41) is 3.46. The molecule has 1 aliphatic rings. The number of nitrogens with zero attached hydrogens (tertiary/aromatic N) is 3. The minimum Gasteiger partial charge on any atom is -0.0899 e. The van der Waals surface area contributed by atoms with Gasteiger partial charge in [0.05, 0.1) is 0 Å². The summed E-state index contributed by atoms with van der Waals surface area (Å²) in [6.45, 7) is 0.410. The maximum Gasteiger partial charge on any atom is 0.0443 e. The van der Waals surface area contributed by atoms with Crippen LogP contribution < -0.4 is 0 Å². The van der Waals surface area contributed by atoms with Crippen LogP contribution in [0.5, 0.6) is 0 Å². The Morgan fingerprint density at radius 1 is 1.47 bits per heavy atom. The topological polar surface area (TPSA) is 48.8 Å². The van der Waals surface area contributed by atoms with Gasteiger partial charge < -0.3 is 0 Å². The van der Waals surface area contributed by atoms with Crippen molar-refractivity contribution in [3.63, 3.8) is 0 Å². The molecule has 3 nitrogen and oxygen atoms in total. The van der Waals surface area contributed by atoms with Crippen LogP contribution in [-0.4, -0.2) is 6.54 Å². The van der Waals surface area contributed by atoms with Crippen molar-refractivity contribution >= 4 is 12.2 Å². The van der Waals surface area contributed by atoms with Crippen molar-refractivity contribution in [2.24, 2.45) is 5.11 Å². The predicted octanol–water partition coefficient (Wildman–Crippen LogP) is 3.58. The van der Waals surface area contributed by atoms with Gasteiger partial charge in [-0.3, -0.25) is 0 Å². The van der Waals surface area contributed by atoms with Crippen LogP contribution in [0.15, 0.2) is 35.5 Å². The molecular formula is C12H11N3. The van der Waals surface area contributed by atoms with Crippen molar-refractivity contribution in [3.05, 3.63) is 57.5 Å². The maximum atomic E-state index is 8.13. The van der Waals surface area contributed by atoms with Crippen LogP contribution in [0.2, 0.25) is 0 Å². The highest BCUT2D eigenvalue weighted by Crippen LogP contribution is 2.23. The number of hydrogen-bond acceptors (Lipinski definition) is 1. The Kier molecular flexibility index (Phi) is 2.86. The Labute approximate surface area is 88.4 Å². The second-order valence-corrected chi connectivity index (χ2v) is 3.34. The SMILES string of the molecule is [N-]=[N+]=NCC=Cc1cccc2c1CC=C2. The lowest BCUT2D eigenvalue weighted by molar-refractivity contribution is 1.22. The normalized spacial score (nSPS) is 12.8. The minimum absolute atomic E-state index is 0.410. The van der Waals surface area contributed by atoms with Crippen LogP contribution in [0.1, 0.15) is 16.7 Å². The second kappa shape index (κ2) is 4.49. The van der Waals surface area contributed by atoms with Gasteiger partial charge in [-0.25, -0.2) is 0 Å². The van der Waals surface area contributed by atoms with Gasteiger partial charge in [0.1, 0.15) is 0 Å². The molecule has 0 fully saturated rings. The average molecular weight is 197 g/mol. The maximum absolute atomic E-state index is 8.13. The predicted molar refractivity (Wildman–Crippen MR) is 62.2 cm³/mol. The van der Waals surface area contributed by atoms with E-state index < -0.39 is 0 Å². The first kappa shape index (κ1) is 9.56. The van der Waals surface area contributed by atoms with Crippen LogP contribution in [0.4, 0.5) is 0 Å². The molecule has 0 amide bonds. The monoisotopic (exact) mass is 197 g/mol. The molecule has 0 aromatic heterocycles. The number of rotatable bonds is 3. The third-order valence-electron chi connectivity index (χ3n) is 2.42. The van der Waals surface area contributed by atoms with E-state index in [1.807, 2.05) is 18.2 Å². The number of fused-ring (bicyclic) bond motifs is 1. The summed E-state index contributed by atoms with van der Waals surface area (Å²) in [6.07, 6.45) is 9.20. The zero-order valence-electron chi connectivity index (χ0n) is 8.30. The molecule has 1 aliphatic carbocycles. The van der Waals surface area contributed by atoms with Gasteiger partial charge in [-0.15, -0.1) is 0 Å². The van der Waals surface area contributed by atoms with Gasteiger partial charge >= 0.3 is 0 Å². The van der Waals surface area contributed by atoms with E-state index in [4.69, 9.17) is 5.53 Å². The fourth-order valence-electron chi connectivity index (χ4n) is 1.74. The van der Waals surface area contributed by atoms with E-state index in [0.717, 1.165) is 6.42 Å². The van der Waals surface area contributed by atoms with E-state index in [1.54, 1.807) is 0 Å². The smallest absolute Gasteiger partial charge is 0.0443 e. The van der Waals surface area contributed by atoms with Crippen molar-refractivity contribution in [1.29, 1.82) is 0 Å². The molecule has 1 aromatic rings. The average Bonchev–Trinajstić information content (AvgIpc) is 2.73. The molecule has 0 atom stereocenters. The van der Waals surface area contributed by atoms with Gasteiger partial charge in [0.15, 0.2) is 0 Å². The molecule has 3 heteroatoms. The van der Waals surface area contributed by atoms with Crippen molar-refractivity contribution in [3.8, 4) is 0 Å². The minimum atomic E-state index is 0.410. The molecule has 1 aromatic carbocycles. The summed E-state index contributed by atoms with van der Waals surface area (Å²) in [4.78, 5) is 2.70. The molecule has 0 bridgehead atoms. The lowest BCUT2D eigenvalue weighted by atomic mass is 10.0. The first-order valence-electron chi connectivity index (χ1n) is 4.87. The standard InChI is InChI=1S/C12H11N3/c13-15-14-9-3-7-11-5-1-4-10-6-2-8-12(10)11/h1-7H,8-9H2. The van der Waals surface area contributed by atoms with Crippen LogP contribution in [0.3, 0.4) is 0 Å². The van der Waals surface area contributed by atoms with Crippen LogP contribution in [-0.2, 0) is 6.42 Å². The molecule has 0 spiro atoms. The van der Waals surface area contributed by atoms with Crippen molar-refractivity contribution in [1.82, 2.24) is 0 Å². The van der Waals surface area contributed by atoms with Gasteiger partial charge in [-0.2, -0.15) is 0 Å². The second-order valence-electron chi connectivity index (χ2n) is 3.34. The molecular weight excluding hydrogens is 186 g/mol. The van der Waals surface area contributed by atoms with Gasteiger partial charge in [-0.05, 0) is 28.6 Å². The molecule has 0 saturated heterocycles. The third-order valence-corrected chi connectivity index (χ3v) is 2.42. The number of azide groups is 1. The molecule has 0 radical (unpaired) electrons. The van der Waals surface area contributed by atoms with Crippen molar-refractivity contribution in [2.75, 3.05) is 6.54 Å². The Hall–Kier alpha value is -1.99. The van der Waals surface area contributed by atoms with Crippen LogP contribution in [0, 0.1) is 0 Å². The summed E-state index contributed by atoms with van der Waals surface area (Å²) in [5.74, 6) is 0. The quantitative estimate of drug-likeness (QED) is 0.404. The van der Waals surface area contributed by atoms with E-state index in [9.17, 15) is 0 Å². The first-order valence-corrected chi connectivity index (χ1v) is 4.87. The highest BCUT2D eigenvalue weighted by molar-refractivity contribution is 5.68. The molecule has 0 aliphatic heterocycles. The van der Waals surface area contributed by atoms with E-state index in [-0.39, 0.29) is 0 Å². The number of allylic oxidation sites excluding steroid dienone is 1. The molecule has 0 saturated carbocycles. The summed E-state index contributed by atoms with van der Waals surface area (Å²) in [5.41, 5.74) is 12.0. The largest absolute Gasteiger partial charge is 0.0899 e. The highest BCUT2D eigenvalue weighted by atomic mass is 15.1. The van der Waals surface area contributed by atoms with E-state index in [0.29, 0.717) is 6.54 Å². The first-order chi connectivity index (χ1) is 7.42. The van der Waals surface area contributed by atoms with Crippen molar-refractivity contribution in [2.45, 2.75) is 6.42 Å². The molecule has 2 rings (SSSR count). The molecule has 15 heavy (non-hydrogen) atoms. The zero-order valence-corrected chi connectivity index (χ0v) is 8.30. The van der Waals surface area contributed by atoms with Crippen molar-refractivity contribution < 1.29 is 0 Å².